The Kier molecular flexibility index (Phi) is 3.81. The molecule has 0 bridgehead atoms. The van der Waals surface area contributed by atoms with Crippen LogP contribution < -0.4 is 10.9 Å². The predicted octanol–water partition coefficient (Wildman–Crippen LogP) is 1.45. The summed E-state index contributed by atoms with van der Waals surface area (Å²) in [6, 6.07) is 6.98. The fourth-order valence-electron chi connectivity index (χ4n) is 2.64. The number of aromatic amines is 2. The number of pyridine rings is 2. The SMILES string of the molecule is Cc1[nH]nc2[nH]c(=O)c(C(=O)Nc3ccn(Cc4ccncc4)n3)cc12. The van der Waals surface area contributed by atoms with Crippen molar-refractivity contribution in [2.24, 2.45) is 0 Å². The largest absolute Gasteiger partial charge is 0.305 e. The van der Waals surface area contributed by atoms with Gasteiger partial charge in [0, 0.05) is 35.7 Å². The molecule has 0 atom stereocenters. The van der Waals surface area contributed by atoms with Crippen LogP contribution in [0, 0.1) is 6.92 Å². The molecule has 4 heterocycles. The minimum atomic E-state index is -0.525. The average Bonchev–Trinajstić information content (AvgIpc) is 3.21. The summed E-state index contributed by atoms with van der Waals surface area (Å²) in [7, 11) is 0. The molecule has 4 aromatic heterocycles. The van der Waals surface area contributed by atoms with Crippen molar-refractivity contribution < 1.29 is 4.79 Å². The van der Waals surface area contributed by atoms with Gasteiger partial charge in [0.25, 0.3) is 11.5 Å². The van der Waals surface area contributed by atoms with Gasteiger partial charge in [-0.15, -0.1) is 0 Å². The Morgan fingerprint density at radius 1 is 1.27 bits per heavy atom. The number of amides is 1. The number of nitrogens with one attached hydrogen (secondary N) is 3. The second-order valence-corrected chi connectivity index (χ2v) is 5.83. The van der Waals surface area contributed by atoms with Crippen LogP contribution >= 0.6 is 0 Å². The summed E-state index contributed by atoms with van der Waals surface area (Å²) in [4.78, 5) is 31.1. The molecule has 0 unspecified atom stereocenters. The van der Waals surface area contributed by atoms with Crippen LogP contribution in [0.3, 0.4) is 0 Å². The van der Waals surface area contributed by atoms with E-state index >= 15 is 0 Å². The highest BCUT2D eigenvalue weighted by Gasteiger charge is 2.15. The summed E-state index contributed by atoms with van der Waals surface area (Å²) in [6.45, 7) is 2.37. The van der Waals surface area contributed by atoms with Crippen molar-refractivity contribution in [3.63, 3.8) is 0 Å². The topological polar surface area (TPSA) is 121 Å². The number of rotatable bonds is 4. The molecule has 3 N–H and O–H groups in total. The van der Waals surface area contributed by atoms with Gasteiger partial charge >= 0.3 is 0 Å². The molecule has 0 fully saturated rings. The molecule has 4 rings (SSSR count). The fourth-order valence-corrected chi connectivity index (χ4v) is 2.64. The molecular formula is C17H15N7O2. The maximum Gasteiger partial charge on any atom is 0.262 e. The first kappa shape index (κ1) is 15.8. The van der Waals surface area contributed by atoms with E-state index in [-0.39, 0.29) is 5.56 Å². The smallest absolute Gasteiger partial charge is 0.262 e. The maximum atomic E-state index is 12.5. The van der Waals surface area contributed by atoms with Gasteiger partial charge in [-0.05, 0) is 30.7 Å². The van der Waals surface area contributed by atoms with Gasteiger partial charge in [-0.1, -0.05) is 0 Å². The van der Waals surface area contributed by atoms with Gasteiger partial charge in [0.15, 0.2) is 11.5 Å². The Morgan fingerprint density at radius 3 is 2.88 bits per heavy atom. The van der Waals surface area contributed by atoms with Crippen LogP contribution in [0.5, 0.6) is 0 Å². The van der Waals surface area contributed by atoms with E-state index in [1.807, 2.05) is 19.1 Å². The summed E-state index contributed by atoms with van der Waals surface area (Å²) in [5.41, 5.74) is 1.74. The van der Waals surface area contributed by atoms with E-state index in [0.29, 0.717) is 23.4 Å². The number of anilines is 1. The normalized spacial score (nSPS) is 11.0. The summed E-state index contributed by atoms with van der Waals surface area (Å²) in [5.74, 6) is -0.157. The van der Waals surface area contributed by atoms with Gasteiger partial charge in [-0.25, -0.2) is 0 Å². The monoisotopic (exact) mass is 349 g/mol. The molecule has 26 heavy (non-hydrogen) atoms. The standard InChI is InChI=1S/C17H15N7O2/c1-10-12-8-13(17(26)20-15(12)22-21-10)16(25)19-14-4-7-24(23-14)9-11-2-5-18-6-3-11/h2-8H,9H2,1H3,(H,19,23,25)(H2,20,21,22,26). The quantitative estimate of drug-likeness (QED) is 0.515. The molecule has 0 saturated carbocycles. The van der Waals surface area contributed by atoms with Crippen molar-refractivity contribution in [2.45, 2.75) is 13.5 Å². The van der Waals surface area contributed by atoms with Gasteiger partial charge in [-0.2, -0.15) is 10.2 Å². The second kappa shape index (κ2) is 6.28. The average molecular weight is 349 g/mol. The molecule has 0 aromatic carbocycles. The number of carbonyl (C=O) groups excluding carboxylic acids is 1. The second-order valence-electron chi connectivity index (χ2n) is 5.83. The van der Waals surface area contributed by atoms with Crippen LogP contribution in [-0.2, 0) is 6.54 Å². The maximum absolute atomic E-state index is 12.5. The number of nitrogens with zero attached hydrogens (tertiary/aromatic N) is 4. The highest BCUT2D eigenvalue weighted by Crippen LogP contribution is 2.13. The third-order valence-corrected chi connectivity index (χ3v) is 3.98. The van der Waals surface area contributed by atoms with Crippen molar-refractivity contribution in [3.8, 4) is 0 Å². The number of fused-ring (bicyclic) bond motifs is 1. The first-order valence-electron chi connectivity index (χ1n) is 7.92. The number of carbonyl (C=O) groups is 1. The van der Waals surface area contributed by atoms with Gasteiger partial charge in [0.05, 0.1) is 6.54 Å². The minimum Gasteiger partial charge on any atom is -0.305 e. The summed E-state index contributed by atoms with van der Waals surface area (Å²) in [6.07, 6.45) is 5.17. The molecule has 0 saturated heterocycles. The lowest BCUT2D eigenvalue weighted by Crippen LogP contribution is -2.23. The Hall–Kier alpha value is -3.75. The lowest BCUT2D eigenvalue weighted by atomic mass is 10.2. The molecule has 130 valence electrons. The van der Waals surface area contributed by atoms with Crippen LogP contribution in [0.4, 0.5) is 5.82 Å². The molecular weight excluding hydrogens is 334 g/mol. The molecule has 0 aliphatic rings. The van der Waals surface area contributed by atoms with E-state index in [4.69, 9.17) is 0 Å². The van der Waals surface area contributed by atoms with E-state index in [2.05, 4.69) is 30.6 Å². The van der Waals surface area contributed by atoms with Crippen LogP contribution in [0.25, 0.3) is 11.0 Å². The van der Waals surface area contributed by atoms with Gasteiger partial charge in [0.1, 0.15) is 5.56 Å². The number of hydrogen-bond donors (Lipinski definition) is 3. The van der Waals surface area contributed by atoms with Crippen LogP contribution in [-0.4, -0.2) is 35.9 Å². The number of aromatic nitrogens is 6. The van der Waals surface area contributed by atoms with Gasteiger partial charge in [-0.3, -0.25) is 24.4 Å². The zero-order chi connectivity index (χ0) is 18.1. The highest BCUT2D eigenvalue weighted by molar-refractivity contribution is 6.05. The first-order valence-corrected chi connectivity index (χ1v) is 7.92. The summed E-state index contributed by atoms with van der Waals surface area (Å²) >= 11 is 0. The van der Waals surface area contributed by atoms with E-state index < -0.39 is 11.5 Å². The number of aryl methyl sites for hydroxylation is 1. The van der Waals surface area contributed by atoms with Crippen molar-refractivity contribution in [2.75, 3.05) is 5.32 Å². The number of hydrogen-bond acceptors (Lipinski definition) is 5. The van der Waals surface area contributed by atoms with Crippen molar-refractivity contribution in [1.29, 1.82) is 0 Å². The Labute approximate surface area is 147 Å². The molecule has 9 nitrogen and oxygen atoms in total. The third kappa shape index (κ3) is 2.97. The van der Waals surface area contributed by atoms with E-state index in [9.17, 15) is 9.59 Å². The molecule has 1 amide bonds. The molecule has 0 spiro atoms. The predicted molar refractivity (Wildman–Crippen MR) is 95.0 cm³/mol. The Morgan fingerprint density at radius 2 is 2.08 bits per heavy atom. The zero-order valence-corrected chi connectivity index (χ0v) is 13.9. The molecule has 0 radical (unpaired) electrons. The summed E-state index contributed by atoms with van der Waals surface area (Å²) < 4.78 is 1.69. The van der Waals surface area contributed by atoms with Crippen LogP contribution in [0.15, 0.2) is 47.7 Å². The molecule has 9 heteroatoms. The zero-order valence-electron chi connectivity index (χ0n) is 13.9. The summed E-state index contributed by atoms with van der Waals surface area (Å²) in [5, 5.41) is 14.4. The van der Waals surface area contributed by atoms with Crippen LogP contribution in [0.1, 0.15) is 21.6 Å². The van der Waals surface area contributed by atoms with E-state index in [0.717, 1.165) is 11.3 Å². The molecule has 0 aliphatic heterocycles. The Balaban J connectivity index is 1.54. The highest BCUT2D eigenvalue weighted by atomic mass is 16.2. The minimum absolute atomic E-state index is 0.00526. The van der Waals surface area contributed by atoms with Crippen molar-refractivity contribution in [3.05, 3.63) is 70.0 Å². The van der Waals surface area contributed by atoms with Gasteiger partial charge < -0.3 is 10.3 Å². The Bertz CT molecular complexity index is 1140. The van der Waals surface area contributed by atoms with E-state index in [1.165, 1.54) is 6.07 Å². The fraction of sp³-hybridized carbons (Fsp3) is 0.118. The first-order chi connectivity index (χ1) is 12.6. The lowest BCUT2D eigenvalue weighted by Gasteiger charge is -2.03. The lowest BCUT2D eigenvalue weighted by molar-refractivity contribution is 0.102. The van der Waals surface area contributed by atoms with Crippen LogP contribution in [0.2, 0.25) is 0 Å². The molecule has 4 aromatic rings. The van der Waals surface area contributed by atoms with Crippen molar-refractivity contribution >= 4 is 22.8 Å². The third-order valence-electron chi connectivity index (χ3n) is 3.98. The molecule has 0 aliphatic carbocycles. The number of H-pyrrole nitrogens is 2. The van der Waals surface area contributed by atoms with E-state index in [1.54, 1.807) is 29.3 Å². The van der Waals surface area contributed by atoms with Crippen molar-refractivity contribution in [1.82, 2.24) is 29.9 Å². The van der Waals surface area contributed by atoms with Gasteiger partial charge in [0.2, 0.25) is 0 Å².